The molecule has 1 N–H and O–H groups in total. The van der Waals surface area contributed by atoms with Crippen molar-refractivity contribution < 1.29 is 0 Å². The first kappa shape index (κ1) is 16.7. The Balaban J connectivity index is 0.00000200. The number of nitrogens with zero attached hydrogens (tertiary/aromatic N) is 4. The van der Waals surface area contributed by atoms with Crippen LogP contribution in [-0.4, -0.2) is 19.6 Å². The minimum absolute atomic E-state index is 0. The standard InChI is InChI=1S/C14H23N5.ClH/c1-5-18-10-14(12(4)17-18)8-15-6-13-7-16-19(9-13)11(2)3;/h7,9-11,15H,5-6,8H2,1-4H3;1H. The van der Waals surface area contributed by atoms with Crippen molar-refractivity contribution >= 4 is 12.4 Å². The summed E-state index contributed by atoms with van der Waals surface area (Å²) in [5.74, 6) is 0. The van der Waals surface area contributed by atoms with Crippen molar-refractivity contribution in [1.82, 2.24) is 24.9 Å². The van der Waals surface area contributed by atoms with Gasteiger partial charge in [-0.05, 0) is 27.7 Å². The fourth-order valence-electron chi connectivity index (χ4n) is 1.99. The minimum atomic E-state index is 0. The molecule has 0 saturated heterocycles. The van der Waals surface area contributed by atoms with Gasteiger partial charge < -0.3 is 5.32 Å². The van der Waals surface area contributed by atoms with E-state index in [0.29, 0.717) is 6.04 Å². The highest BCUT2D eigenvalue weighted by atomic mass is 35.5. The van der Waals surface area contributed by atoms with Gasteiger partial charge in [-0.1, -0.05) is 0 Å². The van der Waals surface area contributed by atoms with Crippen LogP contribution in [0.4, 0.5) is 0 Å². The van der Waals surface area contributed by atoms with Crippen molar-refractivity contribution in [3.63, 3.8) is 0 Å². The number of hydrogen-bond donors (Lipinski definition) is 1. The van der Waals surface area contributed by atoms with Gasteiger partial charge in [0, 0.05) is 49.2 Å². The van der Waals surface area contributed by atoms with Crippen LogP contribution in [0, 0.1) is 6.92 Å². The van der Waals surface area contributed by atoms with Crippen molar-refractivity contribution in [1.29, 1.82) is 0 Å². The van der Waals surface area contributed by atoms with Crippen molar-refractivity contribution in [2.75, 3.05) is 0 Å². The molecule has 0 aliphatic heterocycles. The number of aryl methyl sites for hydroxylation is 2. The second kappa shape index (κ2) is 7.45. The summed E-state index contributed by atoms with van der Waals surface area (Å²) < 4.78 is 3.96. The van der Waals surface area contributed by atoms with Gasteiger partial charge in [-0.3, -0.25) is 9.36 Å². The zero-order valence-corrected chi connectivity index (χ0v) is 13.4. The predicted octanol–water partition coefficient (Wildman–Crippen LogP) is 2.70. The first-order valence-corrected chi connectivity index (χ1v) is 6.86. The maximum atomic E-state index is 4.44. The highest BCUT2D eigenvalue weighted by Gasteiger charge is 2.05. The first-order valence-electron chi connectivity index (χ1n) is 6.86. The highest BCUT2D eigenvalue weighted by molar-refractivity contribution is 5.85. The van der Waals surface area contributed by atoms with Gasteiger partial charge in [-0.2, -0.15) is 10.2 Å². The Bertz CT molecular complexity index is 529. The molecule has 0 bridgehead atoms. The van der Waals surface area contributed by atoms with E-state index < -0.39 is 0 Å². The third-order valence-corrected chi connectivity index (χ3v) is 3.20. The van der Waals surface area contributed by atoms with E-state index in [1.54, 1.807) is 0 Å². The number of rotatable bonds is 6. The van der Waals surface area contributed by atoms with Gasteiger partial charge in [-0.25, -0.2) is 0 Å². The lowest BCUT2D eigenvalue weighted by atomic mass is 10.2. The Kier molecular flexibility index (Phi) is 6.23. The number of hydrogen-bond acceptors (Lipinski definition) is 3. The van der Waals surface area contributed by atoms with E-state index in [9.17, 15) is 0 Å². The third kappa shape index (κ3) is 4.08. The zero-order valence-electron chi connectivity index (χ0n) is 12.6. The van der Waals surface area contributed by atoms with E-state index >= 15 is 0 Å². The molecule has 5 nitrogen and oxygen atoms in total. The van der Waals surface area contributed by atoms with Crippen LogP contribution < -0.4 is 5.32 Å². The van der Waals surface area contributed by atoms with Gasteiger partial charge in [0.2, 0.25) is 0 Å². The van der Waals surface area contributed by atoms with Gasteiger partial charge in [-0.15, -0.1) is 12.4 Å². The molecule has 0 aromatic carbocycles. The molecule has 0 fully saturated rings. The molecular weight excluding hydrogens is 274 g/mol. The normalized spacial score (nSPS) is 10.8. The lowest BCUT2D eigenvalue weighted by Gasteiger charge is -2.04. The third-order valence-electron chi connectivity index (χ3n) is 3.20. The van der Waals surface area contributed by atoms with Crippen LogP contribution in [0.3, 0.4) is 0 Å². The summed E-state index contributed by atoms with van der Waals surface area (Å²) in [5.41, 5.74) is 3.58. The second-order valence-electron chi connectivity index (χ2n) is 5.12. The molecule has 0 unspecified atom stereocenters. The maximum absolute atomic E-state index is 4.44. The van der Waals surface area contributed by atoms with Crippen molar-refractivity contribution in [3.8, 4) is 0 Å². The van der Waals surface area contributed by atoms with Gasteiger partial charge >= 0.3 is 0 Å². The summed E-state index contributed by atoms with van der Waals surface area (Å²) in [5, 5.41) is 12.2. The zero-order chi connectivity index (χ0) is 13.8. The van der Waals surface area contributed by atoms with Crippen molar-refractivity contribution in [2.24, 2.45) is 0 Å². The first-order chi connectivity index (χ1) is 9.10. The summed E-state index contributed by atoms with van der Waals surface area (Å²) in [6.45, 7) is 11.0. The predicted molar refractivity (Wildman–Crippen MR) is 83.0 cm³/mol. The molecule has 6 heteroatoms. The Morgan fingerprint density at radius 2 is 2.00 bits per heavy atom. The fraction of sp³-hybridized carbons (Fsp3) is 0.571. The average molecular weight is 298 g/mol. The van der Waals surface area contributed by atoms with Crippen LogP contribution in [0.2, 0.25) is 0 Å². The SMILES string of the molecule is CCn1cc(CNCc2cnn(C(C)C)c2)c(C)n1.Cl. The van der Waals surface area contributed by atoms with E-state index in [1.165, 1.54) is 11.1 Å². The average Bonchev–Trinajstić information content (AvgIpc) is 2.97. The largest absolute Gasteiger partial charge is 0.308 e. The highest BCUT2D eigenvalue weighted by Crippen LogP contribution is 2.07. The molecule has 0 atom stereocenters. The number of aromatic nitrogens is 4. The molecule has 20 heavy (non-hydrogen) atoms. The van der Waals surface area contributed by atoms with E-state index in [4.69, 9.17) is 0 Å². The molecule has 0 radical (unpaired) electrons. The summed E-state index contributed by atoms with van der Waals surface area (Å²) in [6, 6.07) is 0.416. The van der Waals surface area contributed by atoms with Crippen LogP contribution in [-0.2, 0) is 19.6 Å². The Labute approximate surface area is 126 Å². The Hall–Kier alpha value is -1.33. The van der Waals surface area contributed by atoms with Crippen LogP contribution in [0.25, 0.3) is 0 Å². The molecule has 0 amide bonds. The summed E-state index contributed by atoms with van der Waals surface area (Å²) >= 11 is 0. The lowest BCUT2D eigenvalue weighted by molar-refractivity contribution is 0.531. The molecule has 0 saturated carbocycles. The van der Waals surface area contributed by atoms with Gasteiger partial charge in [0.25, 0.3) is 0 Å². The lowest BCUT2D eigenvalue weighted by Crippen LogP contribution is -2.12. The monoisotopic (exact) mass is 297 g/mol. The quantitative estimate of drug-likeness (QED) is 0.892. The van der Waals surface area contributed by atoms with E-state index in [-0.39, 0.29) is 12.4 Å². The van der Waals surface area contributed by atoms with Crippen molar-refractivity contribution in [3.05, 3.63) is 35.4 Å². The number of nitrogens with one attached hydrogen (secondary N) is 1. The van der Waals surface area contributed by atoms with Crippen LogP contribution in [0.15, 0.2) is 18.6 Å². The molecule has 112 valence electrons. The second-order valence-corrected chi connectivity index (χ2v) is 5.12. The summed E-state index contributed by atoms with van der Waals surface area (Å²) in [6.07, 6.45) is 6.13. The van der Waals surface area contributed by atoms with Crippen LogP contribution in [0.1, 0.15) is 43.6 Å². The van der Waals surface area contributed by atoms with E-state index in [1.807, 2.05) is 15.6 Å². The van der Waals surface area contributed by atoms with Gasteiger partial charge in [0.15, 0.2) is 0 Å². The molecular formula is C14H24ClN5. The molecule has 2 rings (SSSR count). The van der Waals surface area contributed by atoms with Gasteiger partial charge in [0.1, 0.15) is 0 Å². The summed E-state index contributed by atoms with van der Waals surface area (Å²) in [7, 11) is 0. The van der Waals surface area contributed by atoms with Gasteiger partial charge in [0.05, 0.1) is 11.9 Å². The Morgan fingerprint density at radius 1 is 1.25 bits per heavy atom. The molecule has 2 aromatic heterocycles. The summed E-state index contributed by atoms with van der Waals surface area (Å²) in [4.78, 5) is 0. The minimum Gasteiger partial charge on any atom is -0.308 e. The fourth-order valence-corrected chi connectivity index (χ4v) is 1.99. The smallest absolute Gasteiger partial charge is 0.0638 e. The molecule has 0 aliphatic rings. The molecule has 2 aromatic rings. The maximum Gasteiger partial charge on any atom is 0.0638 e. The van der Waals surface area contributed by atoms with Crippen LogP contribution in [0.5, 0.6) is 0 Å². The number of halogens is 1. The topological polar surface area (TPSA) is 47.7 Å². The molecule has 0 spiro atoms. The van der Waals surface area contributed by atoms with Crippen molar-refractivity contribution in [2.45, 2.75) is 53.4 Å². The molecule has 0 aliphatic carbocycles. The van der Waals surface area contributed by atoms with E-state index in [0.717, 1.165) is 25.3 Å². The Morgan fingerprint density at radius 3 is 2.55 bits per heavy atom. The van der Waals surface area contributed by atoms with Crippen LogP contribution >= 0.6 is 12.4 Å². The molecule has 2 heterocycles. The van der Waals surface area contributed by atoms with E-state index in [2.05, 4.69) is 55.6 Å².